The molecule has 0 aromatic rings. The van der Waals surface area contributed by atoms with E-state index in [1.165, 1.54) is 25.9 Å². The fraction of sp³-hybridized carbons (Fsp3) is 0.889. The summed E-state index contributed by atoms with van der Waals surface area (Å²) in [6.45, 7) is 5.06. The van der Waals surface area contributed by atoms with E-state index in [-0.39, 0.29) is 0 Å². The zero-order valence-electron chi connectivity index (χ0n) is 7.99. The summed E-state index contributed by atoms with van der Waals surface area (Å²) in [5.74, 6) is 0.713. The molecule has 0 aromatic carbocycles. The lowest BCUT2D eigenvalue weighted by Crippen LogP contribution is -2.31. The maximum Gasteiger partial charge on any atom is 0.120 e. The van der Waals surface area contributed by atoms with E-state index < -0.39 is 0 Å². The molecule has 12 heavy (non-hydrogen) atoms. The Kier molecular flexibility index (Phi) is 4.08. The fourth-order valence-corrected chi connectivity index (χ4v) is 1.45. The van der Waals surface area contributed by atoms with Crippen molar-refractivity contribution in [2.45, 2.75) is 19.8 Å². The molecule has 0 spiro atoms. The topological polar surface area (TPSA) is 24.8 Å². The Morgan fingerprint density at radius 3 is 2.75 bits per heavy atom. The molecule has 3 nitrogen and oxygen atoms in total. The Balaban J connectivity index is 2.09. The Hall–Kier alpha value is -0.570. The van der Waals surface area contributed by atoms with E-state index in [9.17, 15) is 0 Å². The summed E-state index contributed by atoms with van der Waals surface area (Å²) in [6.07, 6.45) is 4.18. The number of rotatable bonds is 3. The Labute approximate surface area is 74.4 Å². The van der Waals surface area contributed by atoms with Crippen LogP contribution in [0, 0.1) is 5.92 Å². The first-order valence-electron chi connectivity index (χ1n) is 4.61. The zero-order valence-corrected chi connectivity index (χ0v) is 7.99. The van der Waals surface area contributed by atoms with E-state index in [0.717, 1.165) is 6.61 Å². The van der Waals surface area contributed by atoms with Gasteiger partial charge in [-0.05, 0) is 45.8 Å². The van der Waals surface area contributed by atoms with Gasteiger partial charge in [-0.2, -0.15) is 0 Å². The normalized spacial score (nSPS) is 21.8. The highest BCUT2D eigenvalue weighted by molar-refractivity contribution is 5.52. The standard InChI is InChI=1S/C9H18N2O/c1-3-10-12-8-9-4-6-11(2)7-5-9/h3,9H,4-8H2,1-2H3/b10-3+. The van der Waals surface area contributed by atoms with Crippen molar-refractivity contribution in [3.8, 4) is 0 Å². The second kappa shape index (κ2) is 5.14. The average Bonchev–Trinajstić information content (AvgIpc) is 2.09. The van der Waals surface area contributed by atoms with Crippen LogP contribution in [0.2, 0.25) is 0 Å². The minimum atomic E-state index is 0.713. The maximum atomic E-state index is 5.11. The SMILES string of the molecule is C/C=N/OCC1CCN(C)CC1. The van der Waals surface area contributed by atoms with Crippen LogP contribution in [0.5, 0.6) is 0 Å². The summed E-state index contributed by atoms with van der Waals surface area (Å²) < 4.78 is 0. The molecule has 0 unspecified atom stereocenters. The van der Waals surface area contributed by atoms with Gasteiger partial charge in [0.25, 0.3) is 0 Å². The Morgan fingerprint density at radius 1 is 1.50 bits per heavy atom. The molecule has 1 aliphatic rings. The van der Waals surface area contributed by atoms with E-state index in [1.807, 2.05) is 6.92 Å². The van der Waals surface area contributed by atoms with Gasteiger partial charge < -0.3 is 9.74 Å². The Bertz CT molecular complexity index is 139. The molecule has 0 saturated carbocycles. The van der Waals surface area contributed by atoms with Gasteiger partial charge in [0.05, 0.1) is 0 Å². The molecular formula is C9H18N2O. The molecule has 0 amide bonds. The summed E-state index contributed by atoms with van der Waals surface area (Å²) in [5, 5.41) is 3.75. The molecule has 1 heterocycles. The molecular weight excluding hydrogens is 152 g/mol. The lowest BCUT2D eigenvalue weighted by molar-refractivity contribution is 0.0781. The first-order chi connectivity index (χ1) is 5.83. The Morgan fingerprint density at radius 2 is 2.17 bits per heavy atom. The van der Waals surface area contributed by atoms with Crippen molar-refractivity contribution in [3.05, 3.63) is 0 Å². The predicted molar refractivity (Wildman–Crippen MR) is 50.3 cm³/mol. The largest absolute Gasteiger partial charge is 0.396 e. The van der Waals surface area contributed by atoms with Crippen molar-refractivity contribution in [1.82, 2.24) is 4.90 Å². The number of hydrogen-bond acceptors (Lipinski definition) is 3. The van der Waals surface area contributed by atoms with Gasteiger partial charge in [0.15, 0.2) is 0 Å². The third-order valence-electron chi connectivity index (χ3n) is 2.33. The predicted octanol–water partition coefficient (Wildman–Crippen LogP) is 1.35. The first kappa shape index (κ1) is 9.52. The van der Waals surface area contributed by atoms with Crippen LogP contribution < -0.4 is 0 Å². The summed E-state index contributed by atoms with van der Waals surface area (Å²) in [7, 11) is 2.17. The van der Waals surface area contributed by atoms with Crippen LogP contribution >= 0.6 is 0 Å². The summed E-state index contributed by atoms with van der Waals surface area (Å²) in [5.41, 5.74) is 0. The minimum Gasteiger partial charge on any atom is -0.396 e. The summed E-state index contributed by atoms with van der Waals surface area (Å²) in [6, 6.07) is 0. The molecule has 70 valence electrons. The van der Waals surface area contributed by atoms with E-state index >= 15 is 0 Å². The monoisotopic (exact) mass is 170 g/mol. The van der Waals surface area contributed by atoms with Gasteiger partial charge in [-0.1, -0.05) is 5.16 Å². The van der Waals surface area contributed by atoms with Crippen molar-refractivity contribution in [2.24, 2.45) is 11.1 Å². The van der Waals surface area contributed by atoms with E-state index in [0.29, 0.717) is 5.92 Å². The van der Waals surface area contributed by atoms with Crippen LogP contribution in [-0.2, 0) is 4.84 Å². The van der Waals surface area contributed by atoms with Crippen LogP contribution in [0.15, 0.2) is 5.16 Å². The molecule has 1 saturated heterocycles. The number of nitrogens with zero attached hydrogens (tertiary/aromatic N) is 2. The molecule has 0 aliphatic carbocycles. The van der Waals surface area contributed by atoms with Crippen LogP contribution in [0.25, 0.3) is 0 Å². The lowest BCUT2D eigenvalue weighted by Gasteiger charge is -2.27. The number of likely N-dealkylation sites (tertiary alicyclic amines) is 1. The molecule has 0 N–H and O–H groups in total. The average molecular weight is 170 g/mol. The fourth-order valence-electron chi connectivity index (χ4n) is 1.45. The van der Waals surface area contributed by atoms with E-state index in [4.69, 9.17) is 4.84 Å². The van der Waals surface area contributed by atoms with E-state index in [1.54, 1.807) is 6.21 Å². The summed E-state index contributed by atoms with van der Waals surface area (Å²) >= 11 is 0. The number of piperidine rings is 1. The van der Waals surface area contributed by atoms with Gasteiger partial charge in [-0.15, -0.1) is 0 Å². The number of hydrogen-bond donors (Lipinski definition) is 0. The van der Waals surface area contributed by atoms with Crippen LogP contribution in [0.4, 0.5) is 0 Å². The third kappa shape index (κ3) is 3.22. The molecule has 0 radical (unpaired) electrons. The smallest absolute Gasteiger partial charge is 0.120 e. The molecule has 1 rings (SSSR count). The van der Waals surface area contributed by atoms with Crippen molar-refractivity contribution in [1.29, 1.82) is 0 Å². The third-order valence-corrected chi connectivity index (χ3v) is 2.33. The van der Waals surface area contributed by atoms with Crippen LogP contribution in [0.1, 0.15) is 19.8 Å². The van der Waals surface area contributed by atoms with E-state index in [2.05, 4.69) is 17.1 Å². The highest BCUT2D eigenvalue weighted by Crippen LogP contribution is 2.15. The molecule has 0 atom stereocenters. The van der Waals surface area contributed by atoms with Crippen LogP contribution in [0.3, 0.4) is 0 Å². The van der Waals surface area contributed by atoms with Crippen molar-refractivity contribution >= 4 is 6.21 Å². The van der Waals surface area contributed by atoms with Gasteiger partial charge in [0.1, 0.15) is 6.61 Å². The molecule has 1 aliphatic heterocycles. The van der Waals surface area contributed by atoms with Crippen molar-refractivity contribution in [3.63, 3.8) is 0 Å². The number of oxime groups is 1. The van der Waals surface area contributed by atoms with Gasteiger partial charge in [0, 0.05) is 6.21 Å². The van der Waals surface area contributed by atoms with Crippen molar-refractivity contribution in [2.75, 3.05) is 26.7 Å². The summed E-state index contributed by atoms with van der Waals surface area (Å²) in [4.78, 5) is 7.47. The molecule has 1 fully saturated rings. The lowest BCUT2D eigenvalue weighted by atomic mass is 9.98. The molecule has 0 aromatic heterocycles. The minimum absolute atomic E-state index is 0.713. The second-order valence-electron chi connectivity index (χ2n) is 3.41. The van der Waals surface area contributed by atoms with Crippen molar-refractivity contribution < 1.29 is 4.84 Å². The van der Waals surface area contributed by atoms with Gasteiger partial charge in [0.2, 0.25) is 0 Å². The zero-order chi connectivity index (χ0) is 8.81. The van der Waals surface area contributed by atoms with Gasteiger partial charge in [-0.25, -0.2) is 0 Å². The van der Waals surface area contributed by atoms with Gasteiger partial charge >= 0.3 is 0 Å². The highest BCUT2D eigenvalue weighted by Gasteiger charge is 2.16. The maximum absolute atomic E-state index is 5.11. The first-order valence-corrected chi connectivity index (χ1v) is 4.61. The quantitative estimate of drug-likeness (QED) is 0.472. The molecule has 3 heteroatoms. The highest BCUT2D eigenvalue weighted by atomic mass is 16.6. The molecule has 0 bridgehead atoms. The van der Waals surface area contributed by atoms with Gasteiger partial charge in [-0.3, -0.25) is 0 Å². The second-order valence-corrected chi connectivity index (χ2v) is 3.41. The van der Waals surface area contributed by atoms with Crippen LogP contribution in [-0.4, -0.2) is 37.9 Å².